The Bertz CT molecular complexity index is 1360. The SMILES string of the molecule is NC(=O)c1cc2c(c(C(F)(F)F)c1)C(O)(c1ccc(Cl)cc1Cl)C(=O)N2C[C@H]1C[C@H](N(C2CCC2)C2CCC2)C1. The molecule has 3 fully saturated rings. The first-order valence-electron chi connectivity index (χ1n) is 13.7. The summed E-state index contributed by atoms with van der Waals surface area (Å²) in [6.07, 6.45) is 3.88. The molecular formula is C29H30Cl2F3N3O3. The lowest BCUT2D eigenvalue weighted by molar-refractivity contribution is -0.142. The van der Waals surface area contributed by atoms with Crippen molar-refractivity contribution >= 4 is 40.7 Å². The molecule has 2 aromatic rings. The summed E-state index contributed by atoms with van der Waals surface area (Å²) in [7, 11) is 0. The van der Waals surface area contributed by atoms with Crippen LogP contribution in [0, 0.1) is 5.92 Å². The Hall–Kier alpha value is -2.33. The van der Waals surface area contributed by atoms with Gasteiger partial charge < -0.3 is 15.7 Å². The number of halogens is 5. The normalized spacial score (nSPS) is 26.9. The molecule has 2 amide bonds. The lowest BCUT2D eigenvalue weighted by Crippen LogP contribution is -2.59. The minimum Gasteiger partial charge on any atom is -0.372 e. The van der Waals surface area contributed by atoms with Crippen LogP contribution in [0.15, 0.2) is 30.3 Å². The van der Waals surface area contributed by atoms with Crippen LogP contribution in [0.5, 0.6) is 0 Å². The molecule has 2 aromatic carbocycles. The molecule has 0 bridgehead atoms. The molecular weight excluding hydrogens is 566 g/mol. The highest BCUT2D eigenvalue weighted by molar-refractivity contribution is 6.35. The minimum absolute atomic E-state index is 0.0269. The predicted molar refractivity (Wildman–Crippen MR) is 145 cm³/mol. The molecule has 1 heterocycles. The van der Waals surface area contributed by atoms with Gasteiger partial charge in [0, 0.05) is 51.4 Å². The topological polar surface area (TPSA) is 86.9 Å². The van der Waals surface area contributed by atoms with Crippen molar-refractivity contribution in [2.75, 3.05) is 11.4 Å². The number of nitrogens with zero attached hydrogens (tertiary/aromatic N) is 2. The minimum atomic E-state index is -4.99. The number of nitrogens with two attached hydrogens (primary N) is 1. The summed E-state index contributed by atoms with van der Waals surface area (Å²) in [6.45, 7) is 0.110. The average Bonchev–Trinajstić information content (AvgIpc) is 2.99. The largest absolute Gasteiger partial charge is 0.416 e. The van der Waals surface area contributed by atoms with Crippen LogP contribution in [0.25, 0.3) is 0 Å². The van der Waals surface area contributed by atoms with Gasteiger partial charge in [0.2, 0.25) is 5.91 Å². The van der Waals surface area contributed by atoms with E-state index in [0.717, 1.165) is 18.9 Å². The number of carbonyl (C=O) groups is 2. The number of fused-ring (bicyclic) bond motifs is 1. The fraction of sp³-hybridized carbons (Fsp3) is 0.517. The number of hydrogen-bond acceptors (Lipinski definition) is 4. The highest BCUT2D eigenvalue weighted by Crippen LogP contribution is 2.53. The van der Waals surface area contributed by atoms with Crippen LogP contribution >= 0.6 is 23.2 Å². The van der Waals surface area contributed by atoms with E-state index >= 15 is 0 Å². The van der Waals surface area contributed by atoms with Crippen LogP contribution in [-0.4, -0.2) is 46.5 Å². The van der Waals surface area contributed by atoms with Crippen molar-refractivity contribution in [3.8, 4) is 0 Å². The third-order valence-corrected chi connectivity index (χ3v) is 9.85. The fourth-order valence-corrected chi connectivity index (χ4v) is 7.37. The lowest BCUT2D eigenvalue weighted by Gasteiger charge is -2.55. The molecule has 11 heteroatoms. The van der Waals surface area contributed by atoms with E-state index in [1.54, 1.807) is 0 Å². The van der Waals surface area contributed by atoms with Gasteiger partial charge >= 0.3 is 6.18 Å². The van der Waals surface area contributed by atoms with E-state index in [9.17, 15) is 27.9 Å². The number of anilines is 1. The van der Waals surface area contributed by atoms with Crippen molar-refractivity contribution < 1.29 is 27.9 Å². The summed E-state index contributed by atoms with van der Waals surface area (Å²) < 4.78 is 43.3. The van der Waals surface area contributed by atoms with Crippen molar-refractivity contribution in [3.05, 3.63) is 62.6 Å². The van der Waals surface area contributed by atoms with E-state index in [-0.39, 0.29) is 33.8 Å². The van der Waals surface area contributed by atoms with Crippen molar-refractivity contribution in [3.63, 3.8) is 0 Å². The maximum atomic E-state index is 14.4. The lowest BCUT2D eigenvalue weighted by atomic mass is 9.74. The van der Waals surface area contributed by atoms with Crippen molar-refractivity contribution in [1.29, 1.82) is 0 Å². The Balaban J connectivity index is 1.38. The summed E-state index contributed by atoms with van der Waals surface area (Å²) >= 11 is 12.4. The van der Waals surface area contributed by atoms with E-state index in [0.29, 0.717) is 24.2 Å². The predicted octanol–water partition coefficient (Wildman–Crippen LogP) is 5.88. The van der Waals surface area contributed by atoms with Crippen LogP contribution in [0.3, 0.4) is 0 Å². The monoisotopic (exact) mass is 595 g/mol. The van der Waals surface area contributed by atoms with E-state index < -0.39 is 40.3 Å². The number of hydrogen-bond donors (Lipinski definition) is 2. The first-order valence-corrected chi connectivity index (χ1v) is 14.5. The second-order valence-corrected chi connectivity index (χ2v) is 12.5. The number of alkyl halides is 3. The zero-order chi connectivity index (χ0) is 28.6. The molecule has 1 aliphatic heterocycles. The summed E-state index contributed by atoms with van der Waals surface area (Å²) in [6, 6.07) is 7.19. The van der Waals surface area contributed by atoms with E-state index in [1.165, 1.54) is 61.6 Å². The van der Waals surface area contributed by atoms with E-state index in [2.05, 4.69) is 4.90 Å². The molecule has 0 spiro atoms. The molecule has 6 rings (SSSR count). The first-order chi connectivity index (χ1) is 18.9. The van der Waals surface area contributed by atoms with Crippen LogP contribution in [0.4, 0.5) is 18.9 Å². The number of benzene rings is 2. The third-order valence-electron chi connectivity index (χ3n) is 9.30. The van der Waals surface area contributed by atoms with Gasteiger partial charge in [-0.05, 0) is 68.7 Å². The summed E-state index contributed by atoms with van der Waals surface area (Å²) in [5.41, 5.74) is -0.0937. The molecule has 1 unspecified atom stereocenters. The first kappa shape index (κ1) is 27.8. The molecule has 3 aliphatic carbocycles. The maximum absolute atomic E-state index is 14.4. The van der Waals surface area contributed by atoms with Crippen LogP contribution < -0.4 is 10.6 Å². The van der Waals surface area contributed by atoms with Crippen LogP contribution in [0.2, 0.25) is 10.0 Å². The summed E-state index contributed by atoms with van der Waals surface area (Å²) in [5.74, 6) is -1.99. The molecule has 0 saturated heterocycles. The van der Waals surface area contributed by atoms with Gasteiger partial charge in [-0.15, -0.1) is 0 Å². The van der Waals surface area contributed by atoms with Crippen molar-refractivity contribution in [1.82, 2.24) is 4.90 Å². The highest BCUT2D eigenvalue weighted by atomic mass is 35.5. The van der Waals surface area contributed by atoms with Gasteiger partial charge in [0.05, 0.1) is 11.3 Å². The van der Waals surface area contributed by atoms with E-state index in [4.69, 9.17) is 28.9 Å². The smallest absolute Gasteiger partial charge is 0.372 e. The Morgan fingerprint density at radius 2 is 1.68 bits per heavy atom. The van der Waals surface area contributed by atoms with Gasteiger partial charge in [0.1, 0.15) is 0 Å². The average molecular weight is 596 g/mol. The van der Waals surface area contributed by atoms with E-state index in [1.807, 2.05) is 0 Å². The number of primary amides is 1. The number of rotatable bonds is 7. The van der Waals surface area contributed by atoms with Gasteiger partial charge in [-0.2, -0.15) is 13.2 Å². The highest BCUT2D eigenvalue weighted by Gasteiger charge is 2.57. The maximum Gasteiger partial charge on any atom is 0.416 e. The summed E-state index contributed by atoms with van der Waals surface area (Å²) in [4.78, 5) is 29.9. The second-order valence-electron chi connectivity index (χ2n) is 11.6. The van der Waals surface area contributed by atoms with Gasteiger partial charge in [0.25, 0.3) is 5.91 Å². The molecule has 40 heavy (non-hydrogen) atoms. The molecule has 3 saturated carbocycles. The molecule has 4 aliphatic rings. The summed E-state index contributed by atoms with van der Waals surface area (Å²) in [5, 5.41) is 12.0. The molecule has 3 N–H and O–H groups in total. The molecule has 0 radical (unpaired) electrons. The quantitative estimate of drug-likeness (QED) is 0.418. The Labute approximate surface area is 240 Å². The zero-order valence-electron chi connectivity index (χ0n) is 21.7. The van der Waals surface area contributed by atoms with Gasteiger partial charge in [-0.3, -0.25) is 14.5 Å². The van der Waals surface area contributed by atoms with Crippen molar-refractivity contribution in [2.24, 2.45) is 11.7 Å². The second kappa shape index (κ2) is 9.89. The standard InChI is InChI=1S/C29H30Cl2F3N3O3/c30-17-7-8-21(23(31)13-17)28(40)25-22(29(32,33)34)11-16(26(35)38)12-24(25)36(27(28)39)14-15-9-20(10-15)37(18-3-1-4-18)19-5-2-6-19/h7-8,11-13,15,18-20,40H,1-6,9-10,14H2,(H2,35,38)/t15-,20-,28?. The van der Waals surface area contributed by atoms with Crippen LogP contribution in [0.1, 0.15) is 78.4 Å². The number of amides is 2. The fourth-order valence-electron chi connectivity index (χ4n) is 6.83. The van der Waals surface area contributed by atoms with Gasteiger partial charge in [-0.1, -0.05) is 42.1 Å². The Morgan fingerprint density at radius 3 is 2.17 bits per heavy atom. The van der Waals surface area contributed by atoms with Crippen molar-refractivity contribution in [2.45, 2.75) is 81.3 Å². The molecule has 6 nitrogen and oxygen atoms in total. The number of carbonyl (C=O) groups excluding carboxylic acids is 2. The zero-order valence-corrected chi connectivity index (χ0v) is 23.2. The molecule has 1 atom stereocenters. The van der Waals surface area contributed by atoms with Gasteiger partial charge in [0.15, 0.2) is 5.60 Å². The number of aliphatic hydroxyl groups is 1. The third kappa shape index (κ3) is 4.40. The Morgan fingerprint density at radius 1 is 1.05 bits per heavy atom. The van der Waals surface area contributed by atoms with Crippen LogP contribution in [-0.2, 0) is 16.6 Å². The molecule has 0 aromatic heterocycles. The van der Waals surface area contributed by atoms with Gasteiger partial charge in [-0.25, -0.2) is 0 Å². The Kier molecular flexibility index (Phi) is 6.88. The molecule has 214 valence electrons.